The molecule has 0 radical (unpaired) electrons. The summed E-state index contributed by atoms with van der Waals surface area (Å²) in [6.07, 6.45) is 1.55. The second-order valence-corrected chi connectivity index (χ2v) is 4.36. The first-order valence-corrected chi connectivity index (χ1v) is 4.41. The van der Waals surface area contributed by atoms with Crippen LogP contribution in [0.5, 0.6) is 0 Å². The van der Waals surface area contributed by atoms with Crippen LogP contribution in [0.15, 0.2) is 0 Å². The monoisotopic (exact) mass is 162 g/mol. The van der Waals surface area contributed by atoms with Gasteiger partial charge in [0.2, 0.25) is 0 Å². The van der Waals surface area contributed by atoms with Gasteiger partial charge in [-0.15, -0.1) is 0 Å². The first-order chi connectivity index (χ1) is 5.03. The lowest BCUT2D eigenvalue weighted by Crippen LogP contribution is -2.12. The molecule has 0 N–H and O–H groups in total. The van der Waals surface area contributed by atoms with Crippen molar-refractivity contribution in [3.05, 3.63) is 0 Å². The molecule has 3 atom stereocenters. The molecule has 2 rings (SSSR count). The highest BCUT2D eigenvalue weighted by Crippen LogP contribution is 2.66. The summed E-state index contributed by atoms with van der Waals surface area (Å²) in [6.45, 7) is 4.27. The Hall–Kier alpha value is -0.140. The molecule has 0 aromatic heterocycles. The number of hydrogen-bond acceptors (Lipinski definition) is 0. The first kappa shape index (κ1) is 7.51. The van der Waals surface area contributed by atoms with Gasteiger partial charge in [0.15, 0.2) is 0 Å². The van der Waals surface area contributed by atoms with Crippen LogP contribution in [0.4, 0.5) is 8.78 Å². The fraction of sp³-hybridized carbons (Fsp3) is 1.00. The van der Waals surface area contributed by atoms with E-state index in [0.717, 1.165) is 12.8 Å². The molecule has 0 amide bonds. The zero-order valence-corrected chi connectivity index (χ0v) is 6.98. The number of fused-ring (bicyclic) bond motifs is 1. The van der Waals surface area contributed by atoms with Crippen molar-refractivity contribution >= 4 is 0 Å². The Morgan fingerprint density at radius 2 is 1.73 bits per heavy atom. The van der Waals surface area contributed by atoms with Crippen LogP contribution in [0.1, 0.15) is 28.1 Å². The number of alkyl halides is 2. The van der Waals surface area contributed by atoms with E-state index in [0.29, 0.717) is 11.8 Å². The predicted octanol–water partition coefficient (Wildman–Crippen LogP) is 3.18. The Balaban J connectivity index is 0.000000720. The molecule has 0 nitrogen and oxygen atoms in total. The minimum absolute atomic E-state index is 0. The van der Waals surface area contributed by atoms with E-state index in [2.05, 4.69) is 13.8 Å². The van der Waals surface area contributed by atoms with Gasteiger partial charge in [0.25, 0.3) is 5.92 Å². The Morgan fingerprint density at radius 1 is 1.27 bits per heavy atom. The van der Waals surface area contributed by atoms with Gasteiger partial charge in [-0.25, -0.2) is 8.78 Å². The van der Waals surface area contributed by atoms with Crippen LogP contribution in [0.25, 0.3) is 0 Å². The van der Waals surface area contributed by atoms with Gasteiger partial charge in [-0.3, -0.25) is 0 Å². The molecular formula is C9H16F2. The second-order valence-electron chi connectivity index (χ2n) is 4.36. The van der Waals surface area contributed by atoms with Crippen LogP contribution in [0.2, 0.25) is 0 Å². The van der Waals surface area contributed by atoms with Gasteiger partial charge >= 0.3 is 0 Å². The zero-order chi connectivity index (χ0) is 8.22. The van der Waals surface area contributed by atoms with Crippen molar-refractivity contribution in [3.63, 3.8) is 0 Å². The van der Waals surface area contributed by atoms with Gasteiger partial charge in [-0.05, 0) is 24.7 Å². The van der Waals surface area contributed by atoms with Crippen molar-refractivity contribution in [2.45, 2.75) is 32.6 Å². The van der Waals surface area contributed by atoms with E-state index in [4.69, 9.17) is 0 Å². The Labute approximate surface area is 67.5 Å². The van der Waals surface area contributed by atoms with Crippen molar-refractivity contribution in [2.75, 3.05) is 0 Å². The molecule has 2 aliphatic rings. The van der Waals surface area contributed by atoms with E-state index in [1.54, 1.807) is 0 Å². The quantitative estimate of drug-likeness (QED) is 0.555. The molecule has 0 saturated heterocycles. The van der Waals surface area contributed by atoms with Crippen LogP contribution in [-0.4, -0.2) is 5.92 Å². The summed E-state index contributed by atoms with van der Waals surface area (Å²) in [5.41, 5.74) is 0. The maximum Gasteiger partial charge on any atom is 0.254 e. The van der Waals surface area contributed by atoms with Crippen LogP contribution in [-0.2, 0) is 0 Å². The van der Waals surface area contributed by atoms with Gasteiger partial charge in [0, 0.05) is 13.3 Å². The Kier molecular flexibility index (Phi) is 1.34. The van der Waals surface area contributed by atoms with Crippen molar-refractivity contribution in [1.82, 2.24) is 0 Å². The van der Waals surface area contributed by atoms with Crippen LogP contribution < -0.4 is 0 Å². The Bertz CT molecular complexity index is 165. The third-order valence-corrected chi connectivity index (χ3v) is 3.42. The molecule has 0 aliphatic heterocycles. The summed E-state index contributed by atoms with van der Waals surface area (Å²) in [5, 5.41) is 0. The molecule has 66 valence electrons. The van der Waals surface area contributed by atoms with Gasteiger partial charge < -0.3 is 0 Å². The fourth-order valence-electron chi connectivity index (χ4n) is 2.40. The van der Waals surface area contributed by atoms with E-state index in [1.165, 1.54) is 0 Å². The molecule has 0 spiro atoms. The van der Waals surface area contributed by atoms with E-state index < -0.39 is 5.92 Å². The average molecular weight is 162 g/mol. The van der Waals surface area contributed by atoms with Gasteiger partial charge in [0.1, 0.15) is 0 Å². The van der Waals surface area contributed by atoms with Crippen molar-refractivity contribution in [3.8, 4) is 0 Å². The summed E-state index contributed by atoms with van der Waals surface area (Å²) >= 11 is 0. The van der Waals surface area contributed by atoms with Crippen LogP contribution >= 0.6 is 0 Å². The van der Waals surface area contributed by atoms with Crippen LogP contribution in [0.3, 0.4) is 0 Å². The molecular weight excluding hydrogens is 146 g/mol. The van der Waals surface area contributed by atoms with Crippen molar-refractivity contribution in [1.29, 1.82) is 0 Å². The molecule has 0 aromatic carbocycles. The smallest absolute Gasteiger partial charge is 0.206 e. The summed E-state index contributed by atoms with van der Waals surface area (Å²) < 4.78 is 25.4. The van der Waals surface area contributed by atoms with E-state index in [1.807, 2.05) is 0 Å². The molecule has 2 saturated carbocycles. The Morgan fingerprint density at radius 3 is 2.09 bits per heavy atom. The fourth-order valence-corrected chi connectivity index (χ4v) is 2.40. The summed E-state index contributed by atoms with van der Waals surface area (Å²) in [5.74, 6) is -1.58. The zero-order valence-electron chi connectivity index (χ0n) is 6.98. The minimum atomic E-state index is -2.27. The maximum absolute atomic E-state index is 12.7. The topological polar surface area (TPSA) is 0 Å². The number of rotatable bonds is 1. The lowest BCUT2D eigenvalue weighted by Gasteiger charge is -2.17. The largest absolute Gasteiger partial charge is 0.254 e. The molecule has 0 bridgehead atoms. The molecule has 0 heterocycles. The van der Waals surface area contributed by atoms with Gasteiger partial charge in [-0.1, -0.05) is 13.8 Å². The normalized spacial score (nSPS) is 46.1. The van der Waals surface area contributed by atoms with Gasteiger partial charge in [0.05, 0.1) is 0 Å². The maximum atomic E-state index is 12.7. The highest BCUT2D eigenvalue weighted by molar-refractivity contribution is 5.11. The summed E-state index contributed by atoms with van der Waals surface area (Å²) in [7, 11) is 0. The third-order valence-electron chi connectivity index (χ3n) is 3.42. The van der Waals surface area contributed by atoms with Crippen LogP contribution in [0, 0.1) is 23.7 Å². The average Bonchev–Trinajstić information content (AvgIpc) is 2.28. The molecule has 0 aromatic rings. The highest BCUT2D eigenvalue weighted by Gasteiger charge is 2.71. The molecule has 2 aliphatic carbocycles. The molecule has 2 heteroatoms. The SMILES string of the molecule is CC(C)C1C[C@@H]2[C@H](C1)C2(F)F.[HH]. The van der Waals surface area contributed by atoms with E-state index in [-0.39, 0.29) is 13.3 Å². The third kappa shape index (κ3) is 0.911. The molecule has 11 heavy (non-hydrogen) atoms. The lowest BCUT2D eigenvalue weighted by molar-refractivity contribution is 0.0591. The van der Waals surface area contributed by atoms with E-state index in [9.17, 15) is 8.78 Å². The van der Waals surface area contributed by atoms with Crippen molar-refractivity contribution in [2.24, 2.45) is 23.7 Å². The molecule has 2 fully saturated rings. The lowest BCUT2D eigenvalue weighted by atomic mass is 9.91. The number of hydrogen-bond donors (Lipinski definition) is 0. The first-order valence-electron chi connectivity index (χ1n) is 4.41. The highest BCUT2D eigenvalue weighted by atomic mass is 19.3. The van der Waals surface area contributed by atoms with Gasteiger partial charge in [-0.2, -0.15) is 0 Å². The minimum Gasteiger partial charge on any atom is -0.206 e. The standard InChI is InChI=1S/C9H14F2.H2/c1-5(2)6-3-7-8(4-6)9(7,10)11;/h5-8H,3-4H2,1-2H3;1H/t6?,7-,8+;. The van der Waals surface area contributed by atoms with Crippen molar-refractivity contribution < 1.29 is 10.2 Å². The number of halogens is 2. The molecule has 1 unspecified atom stereocenters. The second kappa shape index (κ2) is 1.96. The predicted molar refractivity (Wildman–Crippen MR) is 41.6 cm³/mol. The van der Waals surface area contributed by atoms with E-state index >= 15 is 0 Å². The summed E-state index contributed by atoms with van der Waals surface area (Å²) in [4.78, 5) is 0. The summed E-state index contributed by atoms with van der Waals surface area (Å²) in [6, 6.07) is 0.